The average molecular weight is 403 g/mol. The highest BCUT2D eigenvalue weighted by atomic mass is 19.1. The minimum Gasteiger partial charge on any atom is -0.373 e. The van der Waals surface area contributed by atoms with Crippen LogP contribution in [0.2, 0.25) is 0 Å². The molecule has 0 saturated carbocycles. The Labute approximate surface area is 173 Å². The number of anilines is 2. The van der Waals surface area contributed by atoms with Gasteiger partial charge in [-0.1, -0.05) is 29.7 Å². The summed E-state index contributed by atoms with van der Waals surface area (Å²) in [5.41, 5.74) is 1.52. The van der Waals surface area contributed by atoms with E-state index in [0.717, 1.165) is 11.5 Å². The third kappa shape index (κ3) is 4.69. The Bertz CT molecular complexity index is 1120. The SMILES string of the molecule is Bc1ccc(NC(=O)c2ccccc2NC(=O)c2ccc(C(=N)NC)cc2F)nc1. The fourth-order valence-corrected chi connectivity index (χ4v) is 2.70. The van der Waals surface area contributed by atoms with Crippen molar-refractivity contribution in [3.8, 4) is 0 Å². The van der Waals surface area contributed by atoms with Crippen LogP contribution in [0.4, 0.5) is 15.9 Å². The minimum absolute atomic E-state index is 0.0348. The first kappa shape index (κ1) is 20.7. The predicted octanol–water partition coefficient (Wildman–Crippen LogP) is 1.53. The van der Waals surface area contributed by atoms with Crippen LogP contribution in [0.15, 0.2) is 60.8 Å². The molecule has 0 aliphatic carbocycles. The molecule has 0 unspecified atom stereocenters. The van der Waals surface area contributed by atoms with Crippen molar-refractivity contribution in [1.29, 1.82) is 5.41 Å². The molecule has 0 radical (unpaired) electrons. The van der Waals surface area contributed by atoms with Crippen molar-refractivity contribution in [2.75, 3.05) is 17.7 Å². The van der Waals surface area contributed by atoms with Crippen LogP contribution in [0.1, 0.15) is 26.3 Å². The summed E-state index contributed by atoms with van der Waals surface area (Å²) in [4.78, 5) is 29.4. The molecule has 30 heavy (non-hydrogen) atoms. The molecule has 3 aromatic rings. The highest BCUT2D eigenvalue weighted by molar-refractivity contribution is 6.32. The molecule has 0 aliphatic rings. The molecule has 1 heterocycles. The first-order valence-electron chi connectivity index (χ1n) is 9.09. The number of nitrogens with one attached hydrogen (secondary N) is 4. The smallest absolute Gasteiger partial charge is 0.258 e. The number of pyridine rings is 1. The van der Waals surface area contributed by atoms with Crippen LogP contribution in [-0.4, -0.2) is 37.5 Å². The standard InChI is InChI=1S/C21H19BFN5O2/c1-25-19(24)12-6-8-14(16(23)10-12)20(29)27-17-5-3-2-4-15(17)21(30)28-18-9-7-13(22)11-26-18/h2-11H,22H2,1H3,(H2,24,25)(H,27,29)(H,26,28,30). The van der Waals surface area contributed by atoms with Crippen molar-refractivity contribution in [1.82, 2.24) is 10.3 Å². The molecule has 0 bridgehead atoms. The third-order valence-corrected chi connectivity index (χ3v) is 4.33. The van der Waals surface area contributed by atoms with Gasteiger partial charge in [0.15, 0.2) is 0 Å². The summed E-state index contributed by atoms with van der Waals surface area (Å²) in [5, 5.41) is 15.5. The van der Waals surface area contributed by atoms with E-state index in [1.807, 2.05) is 13.9 Å². The van der Waals surface area contributed by atoms with E-state index >= 15 is 0 Å². The number of amides is 2. The molecule has 3 rings (SSSR count). The summed E-state index contributed by atoms with van der Waals surface area (Å²) in [6.45, 7) is 0. The van der Waals surface area contributed by atoms with Gasteiger partial charge in [-0.25, -0.2) is 9.37 Å². The summed E-state index contributed by atoms with van der Waals surface area (Å²) < 4.78 is 14.4. The first-order valence-corrected chi connectivity index (χ1v) is 9.09. The Balaban J connectivity index is 1.80. The highest BCUT2D eigenvalue weighted by Crippen LogP contribution is 2.19. The molecule has 0 saturated heterocycles. The summed E-state index contributed by atoms with van der Waals surface area (Å²) in [6.07, 6.45) is 1.63. The number of hydrogen-bond acceptors (Lipinski definition) is 4. The van der Waals surface area contributed by atoms with Crippen LogP contribution in [-0.2, 0) is 0 Å². The average Bonchev–Trinajstić information content (AvgIpc) is 2.74. The lowest BCUT2D eigenvalue weighted by atomic mass is 9.99. The van der Waals surface area contributed by atoms with Gasteiger partial charge in [-0.2, -0.15) is 0 Å². The first-order chi connectivity index (χ1) is 14.4. The van der Waals surface area contributed by atoms with Crippen molar-refractivity contribution < 1.29 is 14.0 Å². The predicted molar refractivity (Wildman–Crippen MR) is 117 cm³/mol. The lowest BCUT2D eigenvalue weighted by Crippen LogP contribution is -2.21. The Hall–Kier alpha value is -4.01. The maximum absolute atomic E-state index is 14.4. The van der Waals surface area contributed by atoms with Crippen LogP contribution in [0.5, 0.6) is 0 Å². The van der Waals surface area contributed by atoms with Crippen LogP contribution in [0, 0.1) is 11.2 Å². The quantitative estimate of drug-likeness (QED) is 0.295. The van der Waals surface area contributed by atoms with Crippen LogP contribution in [0.25, 0.3) is 0 Å². The van der Waals surface area contributed by atoms with Gasteiger partial charge in [0.2, 0.25) is 0 Å². The van der Waals surface area contributed by atoms with E-state index in [1.54, 1.807) is 43.6 Å². The fourth-order valence-electron chi connectivity index (χ4n) is 2.70. The van der Waals surface area contributed by atoms with Gasteiger partial charge < -0.3 is 16.0 Å². The Morgan fingerprint density at radius 3 is 2.40 bits per heavy atom. The molecule has 0 atom stereocenters. The lowest BCUT2D eigenvalue weighted by Gasteiger charge is -2.12. The molecule has 0 spiro atoms. The molecule has 0 aliphatic heterocycles. The van der Waals surface area contributed by atoms with Crippen molar-refractivity contribution in [2.45, 2.75) is 0 Å². The second-order valence-corrected chi connectivity index (χ2v) is 6.49. The second-order valence-electron chi connectivity index (χ2n) is 6.49. The largest absolute Gasteiger partial charge is 0.373 e. The van der Waals surface area contributed by atoms with Gasteiger partial charge in [0, 0.05) is 18.8 Å². The van der Waals surface area contributed by atoms with Gasteiger partial charge in [0.25, 0.3) is 11.8 Å². The maximum Gasteiger partial charge on any atom is 0.258 e. The number of amidine groups is 1. The summed E-state index contributed by atoms with van der Waals surface area (Å²) >= 11 is 0. The molecule has 1 aromatic heterocycles. The third-order valence-electron chi connectivity index (χ3n) is 4.33. The molecule has 4 N–H and O–H groups in total. The van der Waals surface area contributed by atoms with Gasteiger partial charge in [0.1, 0.15) is 25.3 Å². The van der Waals surface area contributed by atoms with Gasteiger partial charge in [-0.3, -0.25) is 15.0 Å². The van der Waals surface area contributed by atoms with Crippen molar-refractivity contribution in [3.05, 3.63) is 83.3 Å². The molecular formula is C21H19BFN5O2. The monoisotopic (exact) mass is 403 g/mol. The van der Waals surface area contributed by atoms with Crippen LogP contribution >= 0.6 is 0 Å². The number of para-hydroxylation sites is 1. The zero-order chi connectivity index (χ0) is 21.7. The number of aromatic nitrogens is 1. The van der Waals surface area contributed by atoms with Crippen molar-refractivity contribution in [3.63, 3.8) is 0 Å². The topological polar surface area (TPSA) is 107 Å². The molecule has 9 heteroatoms. The zero-order valence-electron chi connectivity index (χ0n) is 16.4. The van der Waals surface area contributed by atoms with Crippen LogP contribution < -0.4 is 21.4 Å². The Kier molecular flexibility index (Phi) is 6.21. The van der Waals surface area contributed by atoms with Crippen molar-refractivity contribution >= 4 is 42.5 Å². The summed E-state index contributed by atoms with van der Waals surface area (Å²) in [5.74, 6) is -1.52. The minimum atomic E-state index is -0.768. The van der Waals surface area contributed by atoms with Crippen LogP contribution in [0.3, 0.4) is 0 Å². The summed E-state index contributed by atoms with van der Waals surface area (Å²) in [6, 6.07) is 13.8. The van der Waals surface area contributed by atoms with Gasteiger partial charge >= 0.3 is 0 Å². The molecule has 7 nitrogen and oxygen atoms in total. The molecule has 150 valence electrons. The van der Waals surface area contributed by atoms with Crippen molar-refractivity contribution in [2.24, 2.45) is 0 Å². The maximum atomic E-state index is 14.4. The van der Waals surface area contributed by atoms with E-state index in [-0.39, 0.29) is 22.6 Å². The molecule has 2 aromatic carbocycles. The number of carbonyl (C=O) groups is 2. The van der Waals surface area contributed by atoms with E-state index in [4.69, 9.17) is 5.41 Å². The van der Waals surface area contributed by atoms with E-state index in [1.165, 1.54) is 12.1 Å². The van der Waals surface area contributed by atoms with Gasteiger partial charge in [-0.15, -0.1) is 0 Å². The van der Waals surface area contributed by atoms with E-state index in [0.29, 0.717) is 11.4 Å². The number of rotatable bonds is 5. The number of nitrogens with zero attached hydrogens (tertiary/aromatic N) is 1. The van der Waals surface area contributed by atoms with E-state index < -0.39 is 17.6 Å². The Morgan fingerprint density at radius 1 is 1.00 bits per heavy atom. The van der Waals surface area contributed by atoms with E-state index in [2.05, 4.69) is 20.9 Å². The summed E-state index contributed by atoms with van der Waals surface area (Å²) in [7, 11) is 3.44. The van der Waals surface area contributed by atoms with E-state index in [9.17, 15) is 14.0 Å². The number of halogens is 1. The second kappa shape index (κ2) is 9.00. The number of carbonyl (C=O) groups excluding carboxylic acids is 2. The van der Waals surface area contributed by atoms with Gasteiger partial charge in [0.05, 0.1) is 16.8 Å². The molecular weight excluding hydrogens is 384 g/mol. The normalized spacial score (nSPS) is 10.2. The number of hydrogen-bond donors (Lipinski definition) is 4. The Morgan fingerprint density at radius 2 is 1.73 bits per heavy atom. The fraction of sp³-hybridized carbons (Fsp3) is 0.0476. The molecule has 0 fully saturated rings. The lowest BCUT2D eigenvalue weighted by molar-refractivity contribution is 0.102. The van der Waals surface area contributed by atoms with Gasteiger partial charge in [-0.05, 0) is 30.3 Å². The number of benzene rings is 2. The molecule has 2 amide bonds. The zero-order valence-corrected chi connectivity index (χ0v) is 16.4. The highest BCUT2D eigenvalue weighted by Gasteiger charge is 2.17.